The van der Waals surface area contributed by atoms with Gasteiger partial charge in [0, 0.05) is 36.6 Å². The van der Waals surface area contributed by atoms with Gasteiger partial charge in [0.1, 0.15) is 17.6 Å². The van der Waals surface area contributed by atoms with Crippen LogP contribution in [0.15, 0.2) is 30.6 Å². The molecule has 0 spiro atoms. The van der Waals surface area contributed by atoms with Crippen LogP contribution in [0.4, 0.5) is 5.82 Å². The van der Waals surface area contributed by atoms with Crippen LogP contribution in [0.2, 0.25) is 0 Å². The molecule has 0 radical (unpaired) electrons. The fourth-order valence-electron chi connectivity index (χ4n) is 4.76. The molecule has 9 heteroatoms. The van der Waals surface area contributed by atoms with Crippen molar-refractivity contribution in [3.8, 4) is 16.2 Å². The van der Waals surface area contributed by atoms with Crippen LogP contribution in [0, 0.1) is 6.92 Å². The average molecular weight is 467 g/mol. The van der Waals surface area contributed by atoms with Crippen molar-refractivity contribution < 1.29 is 9.84 Å². The Morgan fingerprint density at radius 3 is 2.76 bits per heavy atom. The number of aryl methyl sites for hydroxylation is 1. The van der Waals surface area contributed by atoms with Crippen molar-refractivity contribution in [2.45, 2.75) is 19.9 Å². The number of hydrogen-bond donors (Lipinski definition) is 2. The van der Waals surface area contributed by atoms with Crippen molar-refractivity contribution in [1.82, 2.24) is 24.4 Å². The Morgan fingerprint density at radius 1 is 1.12 bits per heavy atom. The Labute approximate surface area is 197 Å². The molecule has 0 aliphatic carbocycles. The molecule has 5 rings (SSSR count). The van der Waals surface area contributed by atoms with E-state index in [-0.39, 0.29) is 6.61 Å². The Balaban J connectivity index is 1.53. The predicted octanol–water partition coefficient (Wildman–Crippen LogP) is 3.01. The first-order valence-corrected chi connectivity index (χ1v) is 12.1. The van der Waals surface area contributed by atoms with Crippen LogP contribution in [0.25, 0.3) is 26.0 Å². The van der Waals surface area contributed by atoms with E-state index in [4.69, 9.17) is 10.5 Å². The minimum absolute atomic E-state index is 0.211. The van der Waals surface area contributed by atoms with E-state index in [0.717, 1.165) is 77.8 Å². The number of nitrogens with zero attached hydrogens (tertiary/aromatic N) is 5. The highest BCUT2D eigenvalue weighted by molar-refractivity contribution is 7.22. The number of rotatable bonds is 6. The largest absolute Gasteiger partial charge is 0.495 e. The van der Waals surface area contributed by atoms with Gasteiger partial charge in [0.05, 0.1) is 24.1 Å². The van der Waals surface area contributed by atoms with Gasteiger partial charge in [0.15, 0.2) is 5.82 Å². The van der Waals surface area contributed by atoms with Crippen LogP contribution < -0.4 is 10.5 Å². The summed E-state index contributed by atoms with van der Waals surface area (Å²) in [5, 5.41) is 15.0. The monoisotopic (exact) mass is 466 g/mol. The van der Waals surface area contributed by atoms with Gasteiger partial charge in [-0.3, -0.25) is 9.80 Å². The van der Waals surface area contributed by atoms with Crippen LogP contribution in [0.3, 0.4) is 0 Å². The number of benzene rings is 1. The molecule has 174 valence electrons. The summed E-state index contributed by atoms with van der Waals surface area (Å²) in [5.41, 5.74) is 10.5. The quantitative estimate of drug-likeness (QED) is 0.451. The summed E-state index contributed by atoms with van der Waals surface area (Å²) >= 11 is 1.71. The van der Waals surface area contributed by atoms with E-state index in [1.807, 2.05) is 4.52 Å². The standard InChI is InChI=1S/C24H30N6O2S/c1-16-10-17-12-21(33-23(17)20(11-16)32-2)19-13-18(30-22(19)24(25)26-15-27-30)14-29-5-3-4-28(6-7-29)8-9-31/h10-13,15,31H,3-9,14H2,1-2H3,(H2,25,26,27). The summed E-state index contributed by atoms with van der Waals surface area (Å²) in [4.78, 5) is 10.2. The van der Waals surface area contributed by atoms with Gasteiger partial charge in [-0.15, -0.1) is 11.3 Å². The lowest BCUT2D eigenvalue weighted by Gasteiger charge is -2.21. The number of aliphatic hydroxyl groups excluding tert-OH is 1. The molecule has 1 aliphatic rings. The number of anilines is 1. The third-order valence-corrected chi connectivity index (χ3v) is 7.55. The molecule has 33 heavy (non-hydrogen) atoms. The highest BCUT2D eigenvalue weighted by atomic mass is 32.1. The lowest BCUT2D eigenvalue weighted by molar-refractivity contribution is 0.195. The van der Waals surface area contributed by atoms with Crippen LogP contribution in [0.5, 0.6) is 5.75 Å². The third-order valence-electron chi connectivity index (χ3n) is 6.35. The number of fused-ring (bicyclic) bond motifs is 2. The number of aliphatic hydroxyl groups is 1. The summed E-state index contributed by atoms with van der Waals surface area (Å²) in [7, 11) is 1.72. The van der Waals surface area contributed by atoms with Crippen molar-refractivity contribution >= 4 is 32.8 Å². The molecule has 0 unspecified atom stereocenters. The molecule has 1 aliphatic heterocycles. The molecule has 0 saturated carbocycles. The highest BCUT2D eigenvalue weighted by Crippen LogP contribution is 2.42. The van der Waals surface area contributed by atoms with Crippen molar-refractivity contribution in [1.29, 1.82) is 0 Å². The molecule has 3 N–H and O–H groups in total. The lowest BCUT2D eigenvalue weighted by atomic mass is 10.1. The molecule has 1 fully saturated rings. The fraction of sp³-hybridized carbons (Fsp3) is 0.417. The average Bonchev–Trinajstić information content (AvgIpc) is 3.31. The van der Waals surface area contributed by atoms with E-state index in [1.165, 1.54) is 17.3 Å². The summed E-state index contributed by atoms with van der Waals surface area (Å²) < 4.78 is 8.72. The van der Waals surface area contributed by atoms with E-state index < -0.39 is 0 Å². The van der Waals surface area contributed by atoms with Crippen LogP contribution in [-0.2, 0) is 6.54 Å². The topological polar surface area (TPSA) is 92.1 Å². The normalized spacial score (nSPS) is 16.0. The van der Waals surface area contributed by atoms with Gasteiger partial charge >= 0.3 is 0 Å². The second-order valence-corrected chi connectivity index (χ2v) is 9.70. The molecule has 4 heterocycles. The number of aromatic nitrogens is 3. The second kappa shape index (κ2) is 9.26. The van der Waals surface area contributed by atoms with E-state index in [2.05, 4.69) is 51.1 Å². The maximum absolute atomic E-state index is 9.28. The van der Waals surface area contributed by atoms with Gasteiger partial charge < -0.3 is 15.6 Å². The van der Waals surface area contributed by atoms with Crippen LogP contribution in [-0.4, -0.2) is 75.9 Å². The van der Waals surface area contributed by atoms with Gasteiger partial charge in [0.2, 0.25) is 0 Å². The van der Waals surface area contributed by atoms with Gasteiger partial charge in [-0.05, 0) is 55.6 Å². The van der Waals surface area contributed by atoms with E-state index >= 15 is 0 Å². The minimum atomic E-state index is 0.211. The summed E-state index contributed by atoms with van der Waals surface area (Å²) in [6, 6.07) is 8.68. The minimum Gasteiger partial charge on any atom is -0.495 e. The van der Waals surface area contributed by atoms with Gasteiger partial charge in [-0.1, -0.05) is 6.07 Å². The van der Waals surface area contributed by atoms with E-state index in [0.29, 0.717) is 5.82 Å². The zero-order valence-electron chi connectivity index (χ0n) is 19.1. The van der Waals surface area contributed by atoms with Crippen LogP contribution in [0.1, 0.15) is 17.7 Å². The molecule has 1 aromatic carbocycles. The Hall–Kier alpha value is -2.72. The molecule has 8 nitrogen and oxygen atoms in total. The molecule has 1 saturated heterocycles. The predicted molar refractivity (Wildman–Crippen MR) is 133 cm³/mol. The number of methoxy groups -OCH3 is 1. The van der Waals surface area contributed by atoms with Gasteiger partial charge in [-0.2, -0.15) is 5.10 Å². The van der Waals surface area contributed by atoms with Crippen molar-refractivity contribution in [3.05, 3.63) is 41.9 Å². The number of ether oxygens (including phenoxy) is 1. The fourth-order valence-corrected chi connectivity index (χ4v) is 5.91. The molecule has 3 aromatic heterocycles. The Kier molecular flexibility index (Phi) is 6.20. The first-order valence-electron chi connectivity index (χ1n) is 11.3. The maximum atomic E-state index is 9.28. The molecular formula is C24H30N6O2S. The number of thiophene rings is 1. The van der Waals surface area contributed by atoms with Gasteiger partial charge in [-0.25, -0.2) is 9.50 Å². The highest BCUT2D eigenvalue weighted by Gasteiger charge is 2.21. The van der Waals surface area contributed by atoms with Crippen molar-refractivity contribution in [2.75, 3.05) is 52.2 Å². The second-order valence-electron chi connectivity index (χ2n) is 8.65. The molecule has 0 amide bonds. The summed E-state index contributed by atoms with van der Waals surface area (Å²) in [6.45, 7) is 7.79. The maximum Gasteiger partial charge on any atom is 0.152 e. The zero-order chi connectivity index (χ0) is 22.9. The summed E-state index contributed by atoms with van der Waals surface area (Å²) in [5.74, 6) is 1.38. The molecule has 0 bridgehead atoms. The number of nitrogen functional groups attached to an aromatic ring is 1. The van der Waals surface area contributed by atoms with E-state index in [1.54, 1.807) is 18.4 Å². The Bertz CT molecular complexity index is 1280. The lowest BCUT2D eigenvalue weighted by Crippen LogP contribution is -2.32. The van der Waals surface area contributed by atoms with Crippen molar-refractivity contribution in [2.24, 2.45) is 0 Å². The third kappa shape index (κ3) is 4.29. The number of β-amino-alcohol motifs (C(OH)–C–C–N with tert-alkyl or cyclic N) is 1. The first kappa shape index (κ1) is 22.1. The van der Waals surface area contributed by atoms with Crippen LogP contribution >= 0.6 is 11.3 Å². The van der Waals surface area contributed by atoms with E-state index in [9.17, 15) is 5.11 Å². The molecule has 0 atom stereocenters. The smallest absolute Gasteiger partial charge is 0.152 e. The number of hydrogen-bond acceptors (Lipinski definition) is 8. The Morgan fingerprint density at radius 2 is 1.94 bits per heavy atom. The molecule has 4 aromatic rings. The van der Waals surface area contributed by atoms with Crippen molar-refractivity contribution in [3.63, 3.8) is 0 Å². The zero-order valence-corrected chi connectivity index (χ0v) is 19.9. The number of nitrogens with two attached hydrogens (primary N) is 1. The van der Waals surface area contributed by atoms with Gasteiger partial charge in [0.25, 0.3) is 0 Å². The SMILES string of the molecule is COc1cc(C)cc2cc(-c3cc(CN4CCCN(CCO)CC4)n4ncnc(N)c34)sc12. The first-order chi connectivity index (χ1) is 16.1. The summed E-state index contributed by atoms with van der Waals surface area (Å²) in [6.07, 6.45) is 2.61. The molecular weight excluding hydrogens is 436 g/mol.